The summed E-state index contributed by atoms with van der Waals surface area (Å²) < 4.78 is 51.3. The number of primary amides is 2. The van der Waals surface area contributed by atoms with E-state index in [-0.39, 0.29) is 35.9 Å². The summed E-state index contributed by atoms with van der Waals surface area (Å²) >= 11 is 0. The monoisotopic (exact) mass is 1340 g/mol. The summed E-state index contributed by atoms with van der Waals surface area (Å²) in [6, 6.07) is 67.4. The van der Waals surface area contributed by atoms with Crippen LogP contribution in [0.4, 0.5) is 9.59 Å². The minimum Gasteiger partial charge on any atom is -0.497 e. The number of benzene rings is 10. The molecule has 4 aliphatic carbocycles. The van der Waals surface area contributed by atoms with Crippen molar-refractivity contribution in [2.24, 2.45) is 35.1 Å². The van der Waals surface area contributed by atoms with Crippen molar-refractivity contribution in [2.45, 2.75) is 120 Å². The first-order valence-corrected chi connectivity index (χ1v) is 35.9. The van der Waals surface area contributed by atoms with Gasteiger partial charge in [0.05, 0.1) is 14.2 Å². The van der Waals surface area contributed by atoms with Crippen molar-refractivity contribution >= 4 is 45.9 Å². The molecular weight excluding hydrogens is 1260 g/mol. The average molecular weight is 1340 g/mol. The third-order valence-electron chi connectivity index (χ3n) is 23.4. The average Bonchev–Trinajstić information content (AvgIpc) is 1.59. The van der Waals surface area contributed by atoms with Crippen molar-refractivity contribution in [3.8, 4) is 56.8 Å². The lowest BCUT2D eigenvalue weighted by Crippen LogP contribution is -2.37. The molecule has 0 spiro atoms. The lowest BCUT2D eigenvalue weighted by Gasteiger charge is -2.39. The number of carbonyl (C=O) groups is 2. The van der Waals surface area contributed by atoms with Crippen LogP contribution in [0.25, 0.3) is 56.0 Å². The quantitative estimate of drug-likeness (QED) is 0.0846. The first-order valence-electron chi connectivity index (χ1n) is 35.9. The van der Waals surface area contributed by atoms with E-state index in [0.717, 1.165) is 136 Å². The van der Waals surface area contributed by atoms with Crippen LogP contribution in [0.3, 0.4) is 0 Å². The molecule has 12 nitrogen and oxygen atoms in total. The van der Waals surface area contributed by atoms with Gasteiger partial charge in [-0.2, -0.15) is 0 Å². The van der Waals surface area contributed by atoms with E-state index in [1.165, 1.54) is 44.5 Å². The molecule has 4 unspecified atom stereocenters. The highest BCUT2D eigenvalue weighted by Crippen LogP contribution is 2.61. The Morgan fingerprint density at radius 2 is 0.752 bits per heavy atom. The third kappa shape index (κ3) is 11.4. The maximum atomic E-state index is 12.2. The molecule has 0 saturated heterocycles. The van der Waals surface area contributed by atoms with Crippen molar-refractivity contribution in [3.05, 3.63) is 262 Å². The van der Waals surface area contributed by atoms with Gasteiger partial charge in [0, 0.05) is 55.0 Å². The molecule has 2 saturated carbocycles. The molecule has 2 amide bonds. The minimum atomic E-state index is -1.01. The van der Waals surface area contributed by atoms with Crippen LogP contribution in [0.15, 0.2) is 206 Å². The van der Waals surface area contributed by atoms with Crippen LogP contribution in [0.1, 0.15) is 141 Å². The summed E-state index contributed by atoms with van der Waals surface area (Å²) in [4.78, 5) is 24.4. The lowest BCUT2D eigenvalue weighted by atomic mass is 9.71. The molecule has 4 N–H and O–H groups in total. The van der Waals surface area contributed by atoms with E-state index in [9.17, 15) is 9.59 Å². The topological polar surface area (TPSA) is 160 Å². The molecule has 4 atom stereocenters. The van der Waals surface area contributed by atoms with Gasteiger partial charge in [-0.3, -0.25) is 0 Å². The Morgan fingerprint density at radius 3 is 1.10 bits per heavy atom. The number of rotatable bonds is 18. The Bertz CT molecular complexity index is 4580. The van der Waals surface area contributed by atoms with E-state index in [1.807, 2.05) is 48.5 Å². The van der Waals surface area contributed by atoms with Crippen molar-refractivity contribution in [1.82, 2.24) is 0 Å². The van der Waals surface area contributed by atoms with Gasteiger partial charge < -0.3 is 49.4 Å². The van der Waals surface area contributed by atoms with E-state index in [4.69, 9.17) is 49.4 Å². The van der Waals surface area contributed by atoms with Crippen LogP contribution >= 0.6 is 0 Å². The number of hydrogen-bond donors (Lipinski definition) is 2. The standard InChI is InChI=1S/C89H86N2O10/c1-86(2)74-21-13-11-19-70(74)78-66-15-7-9-17-68(66)82-72(80(78)86)47-49-88(100-82,58-31-39-62(94-5)40-32-58)60-35-43-64(44-36-60)98-76(52-96-84(90)92)56-27-23-54(24-28-56)51-55-25-29-57(30-26-55)77(53-97-85(91)93)99-65-45-37-61(38-46-65)89(59-33-41-63(95-6)42-34-59)50-48-73-81-79(67-16-8-10-18-69(67)83(73)101-89)71-20-12-14-22-75(71)87(81,3)4/h7-22,31-50,54-57,76-77H,23-30,51-53H2,1-6H3,(H2,90,92)(H2,91,93). The zero-order valence-electron chi connectivity index (χ0n) is 58.3. The van der Waals surface area contributed by atoms with Crippen LogP contribution in [0, 0.1) is 23.7 Å². The molecule has 10 aromatic carbocycles. The van der Waals surface area contributed by atoms with Gasteiger partial charge in [-0.25, -0.2) is 9.59 Å². The highest BCUT2D eigenvalue weighted by Gasteiger charge is 2.47. The van der Waals surface area contributed by atoms with Crippen molar-refractivity contribution < 1.29 is 47.5 Å². The van der Waals surface area contributed by atoms with Crippen LogP contribution in [-0.4, -0.2) is 51.8 Å². The smallest absolute Gasteiger partial charge is 0.404 e. The zero-order chi connectivity index (χ0) is 69.4. The molecule has 6 aliphatic rings. The second-order valence-corrected chi connectivity index (χ2v) is 29.6. The molecule has 2 fully saturated rings. The van der Waals surface area contributed by atoms with Gasteiger partial charge >= 0.3 is 12.2 Å². The Morgan fingerprint density at radius 1 is 0.426 bits per heavy atom. The summed E-state index contributed by atoms with van der Waals surface area (Å²) in [6.07, 6.45) is 15.6. The van der Waals surface area contributed by atoms with Gasteiger partial charge in [-0.05, 0) is 172 Å². The van der Waals surface area contributed by atoms with E-state index in [1.54, 1.807) is 14.2 Å². The largest absolute Gasteiger partial charge is 0.497 e. The SMILES string of the molecule is COc1ccc(C2(c3ccc(OC(COC(N)=O)C4CCC(CC5CCC(C(COC(N)=O)Oc6ccc(C7(c8ccc(OC)cc8)C=Cc8c9c(c%10ccccc%10c8O7)-c7ccccc7C9(C)C)cc6)CC5)CC4)cc3)C=Cc3c4c(c5ccccc5c3O2)-c2ccccc2C4(C)C)cc1. The summed E-state index contributed by atoms with van der Waals surface area (Å²) in [5, 5.41) is 4.45. The van der Waals surface area contributed by atoms with Gasteiger partial charge in [0.15, 0.2) is 11.2 Å². The molecule has 0 radical (unpaired) electrons. The molecular formula is C89H86N2O10. The second-order valence-electron chi connectivity index (χ2n) is 29.6. The molecule has 0 bridgehead atoms. The van der Waals surface area contributed by atoms with Gasteiger partial charge in [-0.1, -0.05) is 211 Å². The van der Waals surface area contributed by atoms with Gasteiger partial charge in [0.1, 0.15) is 59.9 Å². The normalized spacial score (nSPS) is 22.2. The van der Waals surface area contributed by atoms with Gasteiger partial charge in [0.25, 0.3) is 0 Å². The molecule has 16 rings (SSSR count). The Kier molecular flexibility index (Phi) is 16.7. The van der Waals surface area contributed by atoms with E-state index in [0.29, 0.717) is 23.3 Å². The Labute approximate surface area is 591 Å². The molecule has 12 heteroatoms. The molecule has 101 heavy (non-hydrogen) atoms. The molecule has 10 aromatic rings. The minimum absolute atomic E-state index is 0.0541. The zero-order valence-corrected chi connectivity index (χ0v) is 58.3. The number of carbonyl (C=O) groups excluding carboxylic acids is 2. The first-order chi connectivity index (χ1) is 49.0. The second kappa shape index (κ2) is 25.9. The maximum Gasteiger partial charge on any atom is 0.404 e. The number of ether oxygens (including phenoxy) is 8. The Balaban J connectivity index is 0.591. The fourth-order valence-electron chi connectivity index (χ4n) is 18.3. The lowest BCUT2D eigenvalue weighted by molar-refractivity contribution is 0.0252. The number of methoxy groups -OCH3 is 2. The van der Waals surface area contributed by atoms with E-state index < -0.39 is 35.6 Å². The first kappa shape index (κ1) is 65.2. The van der Waals surface area contributed by atoms with Crippen molar-refractivity contribution in [2.75, 3.05) is 27.4 Å². The maximum absolute atomic E-state index is 12.2. The molecule has 512 valence electrons. The van der Waals surface area contributed by atoms with Gasteiger partial charge in [0.2, 0.25) is 0 Å². The Hall–Kier alpha value is -10.5. The van der Waals surface area contributed by atoms with Crippen LogP contribution < -0.4 is 39.9 Å². The third-order valence-corrected chi connectivity index (χ3v) is 23.4. The van der Waals surface area contributed by atoms with Crippen LogP contribution in [0.5, 0.6) is 34.5 Å². The molecule has 2 aliphatic heterocycles. The summed E-state index contributed by atoms with van der Waals surface area (Å²) in [5.74, 6) is 5.95. The number of nitrogens with two attached hydrogens (primary N) is 2. The predicted molar refractivity (Wildman–Crippen MR) is 398 cm³/mol. The predicted octanol–water partition coefficient (Wildman–Crippen LogP) is 19.7. The highest BCUT2D eigenvalue weighted by atomic mass is 16.6. The number of hydrogen-bond acceptors (Lipinski definition) is 10. The molecule has 0 aromatic heterocycles. The van der Waals surface area contributed by atoms with Crippen LogP contribution in [0.2, 0.25) is 0 Å². The fraction of sp³-hybridized carbons (Fsp3) is 0.303. The van der Waals surface area contributed by atoms with Gasteiger partial charge in [-0.15, -0.1) is 0 Å². The summed E-state index contributed by atoms with van der Waals surface area (Å²) in [6.45, 7) is 9.39. The van der Waals surface area contributed by atoms with E-state index >= 15 is 0 Å². The van der Waals surface area contributed by atoms with Crippen molar-refractivity contribution in [1.29, 1.82) is 0 Å². The summed E-state index contributed by atoms with van der Waals surface area (Å²) in [5.41, 5.74) is 24.9. The highest BCUT2D eigenvalue weighted by molar-refractivity contribution is 6.10. The van der Waals surface area contributed by atoms with E-state index in [2.05, 4.69) is 198 Å². The summed E-state index contributed by atoms with van der Waals surface area (Å²) in [7, 11) is 3.36. The fourth-order valence-corrected chi connectivity index (χ4v) is 18.3. The number of amides is 2. The van der Waals surface area contributed by atoms with Crippen LogP contribution in [-0.2, 0) is 31.5 Å². The molecule has 2 heterocycles. The number of fused-ring (bicyclic) bond motifs is 16. The van der Waals surface area contributed by atoms with Crippen molar-refractivity contribution in [3.63, 3.8) is 0 Å².